The zero-order chi connectivity index (χ0) is 11.2. The zero-order valence-electron chi connectivity index (χ0n) is 10.3. The predicted molar refractivity (Wildman–Crippen MR) is 67.8 cm³/mol. The Labute approximate surface area is 98.3 Å². The van der Waals surface area contributed by atoms with Crippen molar-refractivity contribution in [3.63, 3.8) is 0 Å². The molecule has 1 spiro atoms. The molecular formula is C15H21N. The summed E-state index contributed by atoms with van der Waals surface area (Å²) in [5.41, 5.74) is 5.29. The van der Waals surface area contributed by atoms with Crippen LogP contribution in [-0.2, 0) is 11.8 Å². The molecule has 3 rings (SSSR count). The van der Waals surface area contributed by atoms with Gasteiger partial charge in [-0.1, -0.05) is 30.7 Å². The third kappa shape index (κ3) is 1.41. The van der Waals surface area contributed by atoms with Gasteiger partial charge in [0.1, 0.15) is 0 Å². The maximum Gasteiger partial charge on any atom is 0.000306 e. The van der Waals surface area contributed by atoms with Gasteiger partial charge in [-0.05, 0) is 56.3 Å². The van der Waals surface area contributed by atoms with Gasteiger partial charge >= 0.3 is 0 Å². The topological polar surface area (TPSA) is 12.0 Å². The number of fused-ring (bicyclic) bond motifs is 2. The summed E-state index contributed by atoms with van der Waals surface area (Å²) in [4.78, 5) is 0. The van der Waals surface area contributed by atoms with Crippen LogP contribution < -0.4 is 5.32 Å². The van der Waals surface area contributed by atoms with Gasteiger partial charge in [0, 0.05) is 5.41 Å². The van der Waals surface area contributed by atoms with Crippen molar-refractivity contribution in [3.8, 4) is 0 Å². The summed E-state index contributed by atoms with van der Waals surface area (Å²) in [6, 6.07) is 7.05. The average Bonchev–Trinajstić information content (AvgIpc) is 2.87. The van der Waals surface area contributed by atoms with Gasteiger partial charge in [-0.2, -0.15) is 0 Å². The molecule has 1 N–H and O–H groups in total. The average molecular weight is 215 g/mol. The van der Waals surface area contributed by atoms with Crippen LogP contribution in [0.1, 0.15) is 36.5 Å². The number of rotatable bonds is 3. The molecule has 0 radical (unpaired) electrons. The molecule has 0 amide bonds. The number of aryl methyl sites for hydroxylation is 2. The van der Waals surface area contributed by atoms with Crippen molar-refractivity contribution in [2.24, 2.45) is 5.92 Å². The number of hydrogen-bond acceptors (Lipinski definition) is 1. The molecule has 2 atom stereocenters. The van der Waals surface area contributed by atoms with E-state index in [0.29, 0.717) is 5.41 Å². The minimum absolute atomic E-state index is 0.573. The van der Waals surface area contributed by atoms with E-state index < -0.39 is 0 Å². The molecule has 1 aromatic carbocycles. The van der Waals surface area contributed by atoms with E-state index in [1.807, 2.05) is 0 Å². The number of hydrogen-bond donors (Lipinski definition) is 1. The maximum atomic E-state index is 3.51. The summed E-state index contributed by atoms with van der Waals surface area (Å²) in [6.07, 6.45) is 4.11. The van der Waals surface area contributed by atoms with E-state index in [1.165, 1.54) is 31.4 Å². The summed E-state index contributed by atoms with van der Waals surface area (Å²) in [5, 5.41) is 3.51. The van der Waals surface area contributed by atoms with Gasteiger partial charge in [0.05, 0.1) is 0 Å². The molecule has 2 unspecified atom stereocenters. The van der Waals surface area contributed by atoms with Crippen molar-refractivity contribution in [1.29, 1.82) is 0 Å². The van der Waals surface area contributed by atoms with Gasteiger partial charge in [-0.25, -0.2) is 0 Å². The summed E-state index contributed by atoms with van der Waals surface area (Å²) < 4.78 is 0. The van der Waals surface area contributed by atoms with E-state index in [2.05, 4.69) is 37.4 Å². The number of benzene rings is 1. The van der Waals surface area contributed by atoms with E-state index in [4.69, 9.17) is 0 Å². The molecule has 2 aliphatic carbocycles. The Morgan fingerprint density at radius 1 is 1.44 bits per heavy atom. The minimum atomic E-state index is 0.573. The van der Waals surface area contributed by atoms with Crippen LogP contribution >= 0.6 is 0 Å². The van der Waals surface area contributed by atoms with Crippen LogP contribution in [0.25, 0.3) is 0 Å². The summed E-state index contributed by atoms with van der Waals surface area (Å²) >= 11 is 0. The lowest BCUT2D eigenvalue weighted by Gasteiger charge is -2.12. The SMILES string of the molecule is CCNCC1CC12CCc1ccc(C)cc12. The first-order valence-corrected chi connectivity index (χ1v) is 6.57. The third-order valence-corrected chi connectivity index (χ3v) is 4.51. The van der Waals surface area contributed by atoms with Crippen molar-refractivity contribution in [3.05, 3.63) is 34.9 Å². The smallest absolute Gasteiger partial charge is 0.000306 e. The second kappa shape index (κ2) is 3.59. The summed E-state index contributed by atoms with van der Waals surface area (Å²) in [6.45, 7) is 6.73. The largest absolute Gasteiger partial charge is 0.317 e. The van der Waals surface area contributed by atoms with Gasteiger partial charge in [0.2, 0.25) is 0 Å². The highest BCUT2D eigenvalue weighted by molar-refractivity contribution is 5.46. The highest BCUT2D eigenvalue weighted by atomic mass is 14.9. The van der Waals surface area contributed by atoms with Crippen molar-refractivity contribution >= 4 is 0 Å². The molecule has 0 bridgehead atoms. The van der Waals surface area contributed by atoms with Gasteiger partial charge < -0.3 is 5.32 Å². The molecule has 2 aliphatic rings. The van der Waals surface area contributed by atoms with Crippen LogP contribution in [0, 0.1) is 12.8 Å². The van der Waals surface area contributed by atoms with E-state index in [1.54, 1.807) is 11.1 Å². The number of nitrogens with one attached hydrogen (secondary N) is 1. The van der Waals surface area contributed by atoms with Crippen molar-refractivity contribution < 1.29 is 0 Å². The van der Waals surface area contributed by atoms with E-state index in [9.17, 15) is 0 Å². The fourth-order valence-corrected chi connectivity index (χ4v) is 3.47. The zero-order valence-corrected chi connectivity index (χ0v) is 10.3. The van der Waals surface area contributed by atoms with Crippen LogP contribution in [0.5, 0.6) is 0 Å². The molecule has 0 heterocycles. The van der Waals surface area contributed by atoms with Gasteiger partial charge in [0.15, 0.2) is 0 Å². The monoisotopic (exact) mass is 215 g/mol. The highest BCUT2D eigenvalue weighted by Gasteiger charge is 2.57. The Morgan fingerprint density at radius 3 is 3.12 bits per heavy atom. The highest BCUT2D eigenvalue weighted by Crippen LogP contribution is 2.61. The van der Waals surface area contributed by atoms with E-state index in [-0.39, 0.29) is 0 Å². The minimum Gasteiger partial charge on any atom is -0.317 e. The Morgan fingerprint density at radius 2 is 2.31 bits per heavy atom. The molecule has 0 aromatic heterocycles. The van der Waals surface area contributed by atoms with Crippen LogP contribution in [0.3, 0.4) is 0 Å². The Bertz CT molecular complexity index is 410. The second-order valence-corrected chi connectivity index (χ2v) is 5.53. The predicted octanol–water partition coefficient (Wildman–Crippen LogP) is 2.81. The molecule has 86 valence electrons. The Hall–Kier alpha value is -0.820. The fraction of sp³-hybridized carbons (Fsp3) is 0.600. The quantitative estimate of drug-likeness (QED) is 0.817. The molecule has 1 fully saturated rings. The van der Waals surface area contributed by atoms with Crippen LogP contribution in [0.4, 0.5) is 0 Å². The molecule has 1 aromatic rings. The van der Waals surface area contributed by atoms with Crippen LogP contribution in [-0.4, -0.2) is 13.1 Å². The molecule has 1 heteroatoms. The van der Waals surface area contributed by atoms with Crippen molar-refractivity contribution in [1.82, 2.24) is 5.32 Å². The Balaban J connectivity index is 1.84. The van der Waals surface area contributed by atoms with E-state index in [0.717, 1.165) is 12.5 Å². The first kappa shape index (κ1) is 10.3. The lowest BCUT2D eigenvalue weighted by Crippen LogP contribution is -2.20. The van der Waals surface area contributed by atoms with Crippen molar-refractivity contribution in [2.45, 2.75) is 38.5 Å². The first-order chi connectivity index (χ1) is 7.76. The normalized spacial score (nSPS) is 30.8. The van der Waals surface area contributed by atoms with Gasteiger partial charge in [-0.3, -0.25) is 0 Å². The lowest BCUT2D eigenvalue weighted by molar-refractivity contribution is 0.556. The van der Waals surface area contributed by atoms with Gasteiger partial charge in [0.25, 0.3) is 0 Å². The third-order valence-electron chi connectivity index (χ3n) is 4.51. The van der Waals surface area contributed by atoms with Gasteiger partial charge in [-0.15, -0.1) is 0 Å². The second-order valence-electron chi connectivity index (χ2n) is 5.53. The molecular weight excluding hydrogens is 194 g/mol. The lowest BCUT2D eigenvalue weighted by atomic mass is 9.94. The van der Waals surface area contributed by atoms with Crippen LogP contribution in [0.15, 0.2) is 18.2 Å². The van der Waals surface area contributed by atoms with Crippen molar-refractivity contribution in [2.75, 3.05) is 13.1 Å². The summed E-state index contributed by atoms with van der Waals surface area (Å²) in [5.74, 6) is 0.899. The van der Waals surface area contributed by atoms with Crippen LogP contribution in [0.2, 0.25) is 0 Å². The summed E-state index contributed by atoms with van der Waals surface area (Å²) in [7, 11) is 0. The first-order valence-electron chi connectivity index (χ1n) is 6.57. The molecule has 0 aliphatic heterocycles. The molecule has 1 saturated carbocycles. The molecule has 16 heavy (non-hydrogen) atoms. The van der Waals surface area contributed by atoms with E-state index >= 15 is 0 Å². The fourth-order valence-electron chi connectivity index (χ4n) is 3.47. The molecule has 1 nitrogen and oxygen atoms in total. The standard InChI is InChI=1S/C15H21N/c1-3-16-10-13-9-15(13)7-6-12-5-4-11(2)8-14(12)15/h4-5,8,13,16H,3,6-7,9-10H2,1-2H3. The maximum absolute atomic E-state index is 3.51. The Kier molecular flexibility index (Phi) is 2.32. The molecule has 0 saturated heterocycles.